The lowest BCUT2D eigenvalue weighted by atomic mass is 10.1. The molecule has 0 aromatic carbocycles. The lowest BCUT2D eigenvalue weighted by molar-refractivity contribution is -0.146. The van der Waals surface area contributed by atoms with Crippen molar-refractivity contribution in [1.29, 1.82) is 0 Å². The van der Waals surface area contributed by atoms with Crippen LogP contribution in [0.15, 0.2) is 75.9 Å². The van der Waals surface area contributed by atoms with Crippen molar-refractivity contribution < 1.29 is 44.3 Å². The third-order valence-electron chi connectivity index (χ3n) is 6.06. The fourth-order valence-corrected chi connectivity index (χ4v) is 3.46. The molecular formula is C35H58O9. The average molecular weight is 623 g/mol. The molecule has 0 aliphatic rings. The molecule has 252 valence electrons. The highest BCUT2D eigenvalue weighted by molar-refractivity contribution is 5.70. The Labute approximate surface area is 265 Å². The number of carbonyl (C=O) groups excluding carboxylic acids is 2. The molecule has 44 heavy (non-hydrogen) atoms. The van der Waals surface area contributed by atoms with Gasteiger partial charge in [-0.2, -0.15) is 0 Å². The molecule has 0 bridgehead atoms. The SMILES string of the molecule is C=CC(C=C)OC(=O)CCCCCCCCC(=O)OC(C=C)C=C.C=CC(O)C=C.O=C(O)CCCCCCCCC(O)O. The van der Waals surface area contributed by atoms with Crippen LogP contribution in [-0.4, -0.2) is 62.9 Å². The lowest BCUT2D eigenvalue weighted by Crippen LogP contribution is -2.13. The van der Waals surface area contributed by atoms with E-state index in [0.29, 0.717) is 19.3 Å². The predicted molar refractivity (Wildman–Crippen MR) is 177 cm³/mol. The van der Waals surface area contributed by atoms with Gasteiger partial charge < -0.3 is 29.9 Å². The van der Waals surface area contributed by atoms with Crippen molar-refractivity contribution in [3.63, 3.8) is 0 Å². The van der Waals surface area contributed by atoms with E-state index in [0.717, 1.165) is 77.0 Å². The number of carbonyl (C=O) groups is 3. The van der Waals surface area contributed by atoms with E-state index >= 15 is 0 Å². The summed E-state index contributed by atoms with van der Waals surface area (Å²) in [6, 6.07) is 0. The van der Waals surface area contributed by atoms with Crippen LogP contribution in [0.3, 0.4) is 0 Å². The molecule has 0 saturated heterocycles. The second kappa shape index (κ2) is 34.2. The molecule has 0 unspecified atom stereocenters. The van der Waals surface area contributed by atoms with Crippen LogP contribution < -0.4 is 0 Å². The number of hydrogen-bond donors (Lipinski definition) is 4. The molecule has 0 amide bonds. The molecule has 9 nitrogen and oxygen atoms in total. The Morgan fingerprint density at radius 2 is 0.818 bits per heavy atom. The second-order valence-electron chi connectivity index (χ2n) is 9.97. The molecule has 4 N–H and O–H groups in total. The Hall–Kier alpha value is -3.27. The summed E-state index contributed by atoms with van der Waals surface area (Å²) in [4.78, 5) is 33.2. The summed E-state index contributed by atoms with van der Waals surface area (Å²) >= 11 is 0. The van der Waals surface area contributed by atoms with Crippen molar-refractivity contribution in [2.24, 2.45) is 0 Å². The highest BCUT2D eigenvalue weighted by atomic mass is 16.5. The zero-order chi connectivity index (χ0) is 34.0. The monoisotopic (exact) mass is 622 g/mol. The molecule has 0 aromatic heterocycles. The highest BCUT2D eigenvalue weighted by Gasteiger charge is 2.08. The zero-order valence-corrected chi connectivity index (χ0v) is 26.7. The van der Waals surface area contributed by atoms with Gasteiger partial charge in [-0.15, -0.1) is 13.2 Å². The number of aliphatic carboxylic acids is 1. The van der Waals surface area contributed by atoms with Gasteiger partial charge in [-0.05, 0) is 56.4 Å². The molecule has 0 radical (unpaired) electrons. The molecule has 0 aliphatic heterocycles. The topological polar surface area (TPSA) is 151 Å². The van der Waals surface area contributed by atoms with Gasteiger partial charge in [0.05, 0.1) is 6.10 Å². The second-order valence-corrected chi connectivity index (χ2v) is 9.97. The lowest BCUT2D eigenvalue weighted by Gasteiger charge is -2.09. The van der Waals surface area contributed by atoms with Crippen molar-refractivity contribution in [2.75, 3.05) is 0 Å². The number of ether oxygens (including phenoxy) is 2. The quantitative estimate of drug-likeness (QED) is 0.0350. The fourth-order valence-electron chi connectivity index (χ4n) is 3.46. The van der Waals surface area contributed by atoms with Crippen LogP contribution in [-0.2, 0) is 23.9 Å². The maximum atomic E-state index is 11.5. The van der Waals surface area contributed by atoms with E-state index in [-0.39, 0.29) is 18.4 Å². The Morgan fingerprint density at radius 3 is 1.09 bits per heavy atom. The molecule has 9 heteroatoms. The number of hydrogen-bond acceptors (Lipinski definition) is 8. The summed E-state index contributed by atoms with van der Waals surface area (Å²) in [6.07, 6.45) is 19.2. The van der Waals surface area contributed by atoms with Crippen LogP contribution in [0, 0.1) is 0 Å². The highest BCUT2D eigenvalue weighted by Crippen LogP contribution is 2.11. The minimum atomic E-state index is -1.18. The first kappa shape index (κ1) is 45.2. The predicted octanol–water partition coefficient (Wildman–Crippen LogP) is 6.90. The Kier molecular flexibility index (Phi) is 35.1. The number of carboxylic acids is 1. The fraction of sp³-hybridized carbons (Fsp3) is 0.571. The largest absolute Gasteiger partial charge is 0.481 e. The molecule has 0 aliphatic carbocycles. The molecular weight excluding hydrogens is 564 g/mol. The first-order chi connectivity index (χ1) is 21.0. The van der Waals surface area contributed by atoms with Crippen LogP contribution in [0.5, 0.6) is 0 Å². The number of unbranched alkanes of at least 4 members (excludes halogenated alkanes) is 10. The zero-order valence-electron chi connectivity index (χ0n) is 26.7. The smallest absolute Gasteiger partial charge is 0.306 e. The Balaban J connectivity index is -0.000000703. The number of aliphatic hydroxyl groups excluding tert-OH is 2. The summed E-state index contributed by atoms with van der Waals surface area (Å²) < 4.78 is 10.3. The number of rotatable bonds is 26. The summed E-state index contributed by atoms with van der Waals surface area (Å²) in [6.45, 7) is 20.9. The summed E-state index contributed by atoms with van der Waals surface area (Å²) in [5, 5.41) is 33.9. The summed E-state index contributed by atoms with van der Waals surface area (Å²) in [5.41, 5.74) is 0. The molecule has 0 aromatic rings. The average Bonchev–Trinajstić information content (AvgIpc) is 3.01. The van der Waals surface area contributed by atoms with E-state index in [1.165, 1.54) is 12.2 Å². The van der Waals surface area contributed by atoms with Crippen LogP contribution in [0.1, 0.15) is 103 Å². The summed E-state index contributed by atoms with van der Waals surface area (Å²) in [7, 11) is 0. The van der Waals surface area contributed by atoms with Crippen molar-refractivity contribution >= 4 is 17.9 Å². The van der Waals surface area contributed by atoms with Crippen molar-refractivity contribution in [3.05, 3.63) is 75.9 Å². The minimum absolute atomic E-state index is 0.221. The van der Waals surface area contributed by atoms with E-state index in [9.17, 15) is 14.4 Å². The third kappa shape index (κ3) is 36.8. The van der Waals surface area contributed by atoms with E-state index in [1.807, 2.05) is 0 Å². The van der Waals surface area contributed by atoms with Crippen molar-refractivity contribution in [1.82, 2.24) is 0 Å². The number of aliphatic hydroxyl groups is 3. The minimum Gasteiger partial charge on any atom is -0.481 e. The number of esters is 2. The van der Waals surface area contributed by atoms with E-state index in [2.05, 4.69) is 39.5 Å². The summed E-state index contributed by atoms with van der Waals surface area (Å²) in [5.74, 6) is -1.17. The van der Waals surface area contributed by atoms with Gasteiger partial charge >= 0.3 is 17.9 Å². The van der Waals surface area contributed by atoms with Gasteiger partial charge in [0.1, 0.15) is 12.2 Å². The molecule has 0 saturated carbocycles. The van der Waals surface area contributed by atoms with Gasteiger partial charge in [0, 0.05) is 19.3 Å². The molecule has 0 atom stereocenters. The molecule has 0 spiro atoms. The van der Waals surface area contributed by atoms with Gasteiger partial charge in [0.15, 0.2) is 6.29 Å². The Bertz CT molecular complexity index is 740. The van der Waals surface area contributed by atoms with Gasteiger partial charge in [-0.25, -0.2) is 0 Å². The van der Waals surface area contributed by atoms with Crippen molar-refractivity contribution in [3.8, 4) is 0 Å². The molecule has 0 heterocycles. The third-order valence-corrected chi connectivity index (χ3v) is 6.06. The number of carboxylic acid groups (broad SMARTS) is 1. The van der Waals surface area contributed by atoms with Gasteiger partial charge in [-0.1, -0.05) is 89.8 Å². The van der Waals surface area contributed by atoms with E-state index in [1.54, 1.807) is 24.3 Å². The first-order valence-corrected chi connectivity index (χ1v) is 15.4. The van der Waals surface area contributed by atoms with Gasteiger partial charge in [0.25, 0.3) is 0 Å². The van der Waals surface area contributed by atoms with E-state index in [4.69, 9.17) is 29.9 Å². The van der Waals surface area contributed by atoms with Crippen LogP contribution >= 0.6 is 0 Å². The first-order valence-electron chi connectivity index (χ1n) is 15.4. The molecule has 0 fully saturated rings. The van der Waals surface area contributed by atoms with Crippen LogP contribution in [0.2, 0.25) is 0 Å². The van der Waals surface area contributed by atoms with E-state index < -0.39 is 30.6 Å². The van der Waals surface area contributed by atoms with Crippen LogP contribution in [0.25, 0.3) is 0 Å². The standard InChI is InChI=1S/C20H30O4.C10H20O4.C5H8O/c1-5-17(6-2)23-19(21)15-13-11-9-10-12-14-16-20(22)24-18(7-3)8-4;11-9(12)7-5-3-1-2-4-6-8-10(13)14;1-3-5(6)4-2/h5-8,17-18H,1-4,9-16H2;9,11-12H,1-8H2,(H,13,14);3-6H,1-2H2. The van der Waals surface area contributed by atoms with Crippen molar-refractivity contribution in [2.45, 2.75) is 127 Å². The Morgan fingerprint density at radius 1 is 0.500 bits per heavy atom. The maximum absolute atomic E-state index is 11.5. The van der Waals surface area contributed by atoms with Gasteiger partial charge in [-0.3, -0.25) is 14.4 Å². The van der Waals surface area contributed by atoms with Gasteiger partial charge in [0.2, 0.25) is 0 Å². The maximum Gasteiger partial charge on any atom is 0.306 e. The molecule has 0 rings (SSSR count). The normalized spacial score (nSPS) is 10.2. The van der Waals surface area contributed by atoms with Crippen LogP contribution in [0.4, 0.5) is 0 Å².